The lowest BCUT2D eigenvalue weighted by Gasteiger charge is -2.31. The van der Waals surface area contributed by atoms with Crippen molar-refractivity contribution < 1.29 is 9.90 Å². The largest absolute Gasteiger partial charge is 0.480 e. The smallest absolute Gasteiger partial charge is 0.325 e. The van der Waals surface area contributed by atoms with E-state index in [0.29, 0.717) is 0 Å². The van der Waals surface area contributed by atoms with Crippen LogP contribution < -0.4 is 4.90 Å². The van der Waals surface area contributed by atoms with Crippen LogP contribution in [0.3, 0.4) is 0 Å². The zero-order valence-corrected chi connectivity index (χ0v) is 9.20. The standard InChI is InChI=1S/C9H15N5O2/c1-12-2-4-13(5-3-12)8-6-14(11-10-8)7-9(15)16/h6H,2-5,7H2,1H3,(H,15,16). The van der Waals surface area contributed by atoms with Crippen molar-refractivity contribution in [1.82, 2.24) is 19.9 Å². The van der Waals surface area contributed by atoms with Crippen molar-refractivity contribution in [1.29, 1.82) is 0 Å². The van der Waals surface area contributed by atoms with Crippen molar-refractivity contribution in [3.05, 3.63) is 6.20 Å². The third-order valence-corrected chi connectivity index (χ3v) is 2.65. The molecule has 1 aromatic heterocycles. The number of rotatable bonds is 3. The monoisotopic (exact) mass is 225 g/mol. The molecule has 1 N–H and O–H groups in total. The first-order valence-electron chi connectivity index (χ1n) is 5.20. The van der Waals surface area contributed by atoms with E-state index in [4.69, 9.17) is 5.11 Å². The minimum absolute atomic E-state index is 0.138. The van der Waals surface area contributed by atoms with Gasteiger partial charge in [0.25, 0.3) is 0 Å². The summed E-state index contributed by atoms with van der Waals surface area (Å²) in [5, 5.41) is 16.4. The summed E-state index contributed by atoms with van der Waals surface area (Å²) in [7, 11) is 2.08. The molecule has 1 aliphatic heterocycles. The quantitative estimate of drug-likeness (QED) is 0.719. The number of carboxylic acid groups (broad SMARTS) is 1. The molecule has 0 bridgehead atoms. The number of hydrogen-bond donors (Lipinski definition) is 1. The second-order valence-electron chi connectivity index (χ2n) is 3.96. The van der Waals surface area contributed by atoms with E-state index in [9.17, 15) is 4.79 Å². The first-order valence-corrected chi connectivity index (χ1v) is 5.20. The fourth-order valence-electron chi connectivity index (χ4n) is 1.68. The zero-order chi connectivity index (χ0) is 11.5. The molecule has 1 saturated heterocycles. The lowest BCUT2D eigenvalue weighted by atomic mass is 10.3. The van der Waals surface area contributed by atoms with Crippen LogP contribution in [0, 0.1) is 0 Å². The molecule has 16 heavy (non-hydrogen) atoms. The van der Waals surface area contributed by atoms with Crippen LogP contribution >= 0.6 is 0 Å². The van der Waals surface area contributed by atoms with Crippen molar-refractivity contribution in [2.24, 2.45) is 0 Å². The van der Waals surface area contributed by atoms with E-state index in [0.717, 1.165) is 32.0 Å². The summed E-state index contributed by atoms with van der Waals surface area (Å²) in [4.78, 5) is 14.9. The Morgan fingerprint density at radius 1 is 1.44 bits per heavy atom. The first-order chi connectivity index (χ1) is 7.65. The Balaban J connectivity index is 1.99. The Bertz CT molecular complexity index is 370. The van der Waals surface area contributed by atoms with Gasteiger partial charge in [-0.15, -0.1) is 5.10 Å². The van der Waals surface area contributed by atoms with Gasteiger partial charge in [-0.25, -0.2) is 4.68 Å². The summed E-state index contributed by atoms with van der Waals surface area (Å²) in [6, 6.07) is 0. The maximum Gasteiger partial charge on any atom is 0.325 e. The van der Waals surface area contributed by atoms with Gasteiger partial charge >= 0.3 is 5.97 Å². The second-order valence-corrected chi connectivity index (χ2v) is 3.96. The summed E-state index contributed by atoms with van der Waals surface area (Å²) in [5.41, 5.74) is 0. The van der Waals surface area contributed by atoms with Crippen LogP contribution in [0.1, 0.15) is 0 Å². The maximum absolute atomic E-state index is 10.5. The van der Waals surface area contributed by atoms with Gasteiger partial charge in [-0.2, -0.15) is 0 Å². The van der Waals surface area contributed by atoms with E-state index in [2.05, 4.69) is 27.2 Å². The third kappa shape index (κ3) is 2.48. The molecule has 0 saturated carbocycles. The molecule has 1 aromatic rings. The molecule has 1 fully saturated rings. The number of carboxylic acids is 1. The average Bonchev–Trinajstić information content (AvgIpc) is 2.66. The molecule has 2 heterocycles. The zero-order valence-electron chi connectivity index (χ0n) is 9.20. The van der Waals surface area contributed by atoms with Gasteiger partial charge in [-0.3, -0.25) is 4.79 Å². The number of piperazine rings is 1. The molecular formula is C9H15N5O2. The molecule has 0 amide bonds. The maximum atomic E-state index is 10.5. The van der Waals surface area contributed by atoms with Gasteiger partial charge in [0.1, 0.15) is 6.54 Å². The first kappa shape index (κ1) is 10.9. The SMILES string of the molecule is CN1CCN(c2cn(CC(=O)O)nn2)CC1. The summed E-state index contributed by atoms with van der Waals surface area (Å²) < 4.78 is 1.34. The van der Waals surface area contributed by atoms with Crippen LogP contribution in [0.25, 0.3) is 0 Å². The van der Waals surface area contributed by atoms with Crippen molar-refractivity contribution in [3.8, 4) is 0 Å². The Labute approximate surface area is 93.3 Å². The van der Waals surface area contributed by atoms with Crippen molar-refractivity contribution in [2.45, 2.75) is 6.54 Å². The van der Waals surface area contributed by atoms with Gasteiger partial charge in [0.2, 0.25) is 0 Å². The highest BCUT2D eigenvalue weighted by Gasteiger charge is 2.17. The van der Waals surface area contributed by atoms with Gasteiger partial charge in [0, 0.05) is 26.2 Å². The fourth-order valence-corrected chi connectivity index (χ4v) is 1.68. The van der Waals surface area contributed by atoms with Gasteiger partial charge in [-0.1, -0.05) is 5.21 Å². The van der Waals surface area contributed by atoms with Crippen LogP contribution in [-0.2, 0) is 11.3 Å². The molecule has 0 aromatic carbocycles. The van der Waals surface area contributed by atoms with Crippen LogP contribution in [0.5, 0.6) is 0 Å². The predicted molar refractivity (Wildman–Crippen MR) is 57.4 cm³/mol. The lowest BCUT2D eigenvalue weighted by Crippen LogP contribution is -2.44. The number of carbonyl (C=O) groups is 1. The molecule has 0 spiro atoms. The lowest BCUT2D eigenvalue weighted by molar-refractivity contribution is -0.137. The number of hydrogen-bond acceptors (Lipinski definition) is 5. The average molecular weight is 225 g/mol. The predicted octanol–water partition coefficient (Wildman–Crippen LogP) is -0.885. The molecule has 7 nitrogen and oxygen atoms in total. The van der Waals surface area contributed by atoms with Crippen molar-refractivity contribution >= 4 is 11.8 Å². The highest BCUT2D eigenvalue weighted by molar-refractivity contribution is 5.66. The van der Waals surface area contributed by atoms with Crippen LogP contribution in [0.15, 0.2) is 6.20 Å². The topological polar surface area (TPSA) is 74.5 Å². The Kier molecular flexibility index (Phi) is 3.04. The Hall–Kier alpha value is -1.63. The number of nitrogens with zero attached hydrogens (tertiary/aromatic N) is 5. The summed E-state index contributed by atoms with van der Waals surface area (Å²) >= 11 is 0. The summed E-state index contributed by atoms with van der Waals surface area (Å²) in [6.45, 7) is 3.66. The molecule has 0 radical (unpaired) electrons. The molecule has 7 heteroatoms. The van der Waals surface area contributed by atoms with Crippen LogP contribution in [0.2, 0.25) is 0 Å². The minimum Gasteiger partial charge on any atom is -0.480 e. The molecule has 0 unspecified atom stereocenters. The van der Waals surface area contributed by atoms with Crippen LogP contribution in [-0.4, -0.2) is 64.2 Å². The minimum atomic E-state index is -0.908. The normalized spacial score (nSPS) is 17.7. The highest BCUT2D eigenvalue weighted by atomic mass is 16.4. The molecule has 0 atom stereocenters. The van der Waals surface area contributed by atoms with E-state index >= 15 is 0 Å². The van der Waals surface area contributed by atoms with E-state index in [-0.39, 0.29) is 6.54 Å². The van der Waals surface area contributed by atoms with Gasteiger partial charge in [0.05, 0.1) is 6.20 Å². The molecular weight excluding hydrogens is 210 g/mol. The summed E-state index contributed by atoms with van der Waals surface area (Å²) in [5.74, 6) is -0.149. The Morgan fingerprint density at radius 2 is 2.12 bits per heavy atom. The summed E-state index contributed by atoms with van der Waals surface area (Å²) in [6.07, 6.45) is 1.68. The number of anilines is 1. The molecule has 88 valence electrons. The van der Waals surface area contributed by atoms with Crippen molar-refractivity contribution in [3.63, 3.8) is 0 Å². The van der Waals surface area contributed by atoms with E-state index in [1.165, 1.54) is 4.68 Å². The van der Waals surface area contributed by atoms with Gasteiger partial charge in [-0.05, 0) is 7.05 Å². The fraction of sp³-hybridized carbons (Fsp3) is 0.667. The van der Waals surface area contributed by atoms with Gasteiger partial charge in [0.15, 0.2) is 5.82 Å². The third-order valence-electron chi connectivity index (χ3n) is 2.65. The highest BCUT2D eigenvalue weighted by Crippen LogP contribution is 2.11. The molecule has 1 aliphatic rings. The number of aliphatic carboxylic acids is 1. The van der Waals surface area contributed by atoms with E-state index in [1.807, 2.05) is 0 Å². The van der Waals surface area contributed by atoms with E-state index < -0.39 is 5.97 Å². The number of likely N-dealkylation sites (N-methyl/N-ethyl adjacent to an activating group) is 1. The number of aromatic nitrogens is 3. The Morgan fingerprint density at radius 3 is 2.75 bits per heavy atom. The second kappa shape index (κ2) is 4.48. The van der Waals surface area contributed by atoms with Gasteiger partial charge < -0.3 is 14.9 Å². The van der Waals surface area contributed by atoms with Crippen LogP contribution in [0.4, 0.5) is 5.82 Å². The van der Waals surface area contributed by atoms with E-state index in [1.54, 1.807) is 6.20 Å². The molecule has 2 rings (SSSR count). The molecule has 0 aliphatic carbocycles. The van der Waals surface area contributed by atoms with Crippen molar-refractivity contribution in [2.75, 3.05) is 38.1 Å².